The van der Waals surface area contributed by atoms with E-state index < -0.39 is 0 Å². The zero-order chi connectivity index (χ0) is 15.9. The van der Waals surface area contributed by atoms with E-state index in [0.717, 1.165) is 38.8 Å². The molecule has 3 heteroatoms. The molecule has 0 radical (unpaired) electrons. The molecule has 1 fully saturated rings. The smallest absolute Gasteiger partial charge is 0.222 e. The van der Waals surface area contributed by atoms with Crippen molar-refractivity contribution in [3.63, 3.8) is 0 Å². The Kier molecular flexibility index (Phi) is 6.44. The quantitative estimate of drug-likeness (QED) is 0.877. The van der Waals surface area contributed by atoms with Crippen molar-refractivity contribution in [3.8, 4) is 0 Å². The first-order valence-electron chi connectivity index (χ1n) is 8.55. The summed E-state index contributed by atoms with van der Waals surface area (Å²) in [5.74, 6) is 1.17. The Balaban J connectivity index is 1.80. The highest BCUT2D eigenvalue weighted by Crippen LogP contribution is 2.17. The van der Waals surface area contributed by atoms with Gasteiger partial charge in [-0.05, 0) is 48.6 Å². The van der Waals surface area contributed by atoms with Crippen molar-refractivity contribution in [2.24, 2.45) is 11.8 Å². The molecule has 3 nitrogen and oxygen atoms in total. The third kappa shape index (κ3) is 5.13. The fourth-order valence-electron chi connectivity index (χ4n) is 3.16. The van der Waals surface area contributed by atoms with Gasteiger partial charge in [0.05, 0.1) is 0 Å². The molecule has 1 unspecified atom stereocenters. The maximum Gasteiger partial charge on any atom is 0.222 e. The number of benzene rings is 1. The minimum atomic E-state index is 0.196. The summed E-state index contributed by atoms with van der Waals surface area (Å²) in [6.45, 7) is 6.22. The fraction of sp³-hybridized carbons (Fsp3) is 0.632. The number of carbonyl (C=O) groups excluding carboxylic acids is 1. The Morgan fingerprint density at radius 3 is 2.59 bits per heavy atom. The number of rotatable bonds is 6. The van der Waals surface area contributed by atoms with Crippen LogP contribution in [0.4, 0.5) is 0 Å². The van der Waals surface area contributed by atoms with Crippen molar-refractivity contribution < 1.29 is 9.90 Å². The number of likely N-dealkylation sites (tertiary alicyclic amines) is 1. The first-order chi connectivity index (χ1) is 10.6. The van der Waals surface area contributed by atoms with Crippen LogP contribution in [0.25, 0.3) is 0 Å². The highest BCUT2D eigenvalue weighted by molar-refractivity contribution is 5.76. The predicted octanol–water partition coefficient (Wildman–Crippen LogP) is 3.05. The molecule has 1 atom stereocenters. The largest absolute Gasteiger partial charge is 0.396 e. The Morgan fingerprint density at radius 2 is 1.95 bits per heavy atom. The molecule has 1 aromatic rings. The maximum absolute atomic E-state index is 12.3. The molecule has 0 bridgehead atoms. The lowest BCUT2D eigenvalue weighted by atomic mass is 9.98. The molecular weight excluding hydrogens is 274 g/mol. The molecule has 1 amide bonds. The molecule has 1 aliphatic heterocycles. The summed E-state index contributed by atoms with van der Waals surface area (Å²) in [5, 5.41) is 9.25. The van der Waals surface area contributed by atoms with Gasteiger partial charge in [-0.3, -0.25) is 4.79 Å². The molecule has 2 rings (SSSR count). The average Bonchev–Trinajstić information content (AvgIpc) is 2.53. The van der Waals surface area contributed by atoms with Crippen molar-refractivity contribution in [3.05, 3.63) is 35.4 Å². The van der Waals surface area contributed by atoms with E-state index in [4.69, 9.17) is 0 Å². The maximum atomic E-state index is 12.3. The second kappa shape index (κ2) is 8.33. The molecule has 1 aromatic carbocycles. The van der Waals surface area contributed by atoms with Crippen molar-refractivity contribution in [2.75, 3.05) is 19.7 Å². The van der Waals surface area contributed by atoms with Crippen LogP contribution in [0.15, 0.2) is 24.3 Å². The SMILES string of the molecule is CC(C)Cc1ccc(CCC(=O)N2CCCC(CO)C2)cc1. The Labute approximate surface area is 134 Å². The number of piperidine rings is 1. The van der Waals surface area contributed by atoms with E-state index in [2.05, 4.69) is 38.1 Å². The van der Waals surface area contributed by atoms with Gasteiger partial charge in [0.15, 0.2) is 0 Å². The zero-order valence-electron chi connectivity index (χ0n) is 13.9. The van der Waals surface area contributed by atoms with Gasteiger partial charge in [0, 0.05) is 26.1 Å². The monoisotopic (exact) mass is 303 g/mol. The van der Waals surface area contributed by atoms with Crippen LogP contribution in [-0.2, 0) is 17.6 Å². The van der Waals surface area contributed by atoms with Crippen molar-refractivity contribution in [1.82, 2.24) is 4.90 Å². The second-order valence-corrected chi connectivity index (χ2v) is 6.95. The third-order valence-electron chi connectivity index (χ3n) is 4.42. The van der Waals surface area contributed by atoms with Gasteiger partial charge >= 0.3 is 0 Å². The minimum Gasteiger partial charge on any atom is -0.396 e. The summed E-state index contributed by atoms with van der Waals surface area (Å²) in [6, 6.07) is 8.67. The predicted molar refractivity (Wildman–Crippen MR) is 89.7 cm³/mol. The number of nitrogens with zero attached hydrogens (tertiary/aromatic N) is 1. The number of carbonyl (C=O) groups is 1. The molecule has 1 N–H and O–H groups in total. The molecule has 0 aromatic heterocycles. The van der Waals surface area contributed by atoms with E-state index in [0.29, 0.717) is 12.3 Å². The Morgan fingerprint density at radius 1 is 1.27 bits per heavy atom. The summed E-state index contributed by atoms with van der Waals surface area (Å²) >= 11 is 0. The standard InChI is InChI=1S/C19H29NO2/c1-15(2)12-17-7-5-16(6-8-17)9-10-19(22)20-11-3-4-18(13-20)14-21/h5-8,15,18,21H,3-4,9-14H2,1-2H3. The van der Waals surface area contributed by atoms with Gasteiger partial charge in [0.2, 0.25) is 5.91 Å². The number of aliphatic hydroxyl groups is 1. The van der Waals surface area contributed by atoms with Crippen LogP contribution >= 0.6 is 0 Å². The van der Waals surface area contributed by atoms with Crippen LogP contribution in [0.1, 0.15) is 44.2 Å². The highest BCUT2D eigenvalue weighted by Gasteiger charge is 2.22. The normalized spacial score (nSPS) is 18.7. The van der Waals surface area contributed by atoms with Crippen LogP contribution in [-0.4, -0.2) is 35.6 Å². The first-order valence-corrected chi connectivity index (χ1v) is 8.55. The van der Waals surface area contributed by atoms with Gasteiger partial charge in [-0.15, -0.1) is 0 Å². The molecule has 122 valence electrons. The lowest BCUT2D eigenvalue weighted by molar-refractivity contribution is -0.133. The van der Waals surface area contributed by atoms with E-state index >= 15 is 0 Å². The first kappa shape index (κ1) is 17.0. The molecule has 22 heavy (non-hydrogen) atoms. The number of aryl methyl sites for hydroxylation is 1. The van der Waals surface area contributed by atoms with E-state index in [-0.39, 0.29) is 18.4 Å². The Hall–Kier alpha value is -1.35. The third-order valence-corrected chi connectivity index (χ3v) is 4.42. The zero-order valence-corrected chi connectivity index (χ0v) is 13.9. The molecule has 0 spiro atoms. The van der Waals surface area contributed by atoms with Gasteiger partial charge in [-0.1, -0.05) is 38.1 Å². The minimum absolute atomic E-state index is 0.196. The topological polar surface area (TPSA) is 40.5 Å². The van der Waals surface area contributed by atoms with Crippen LogP contribution in [0.5, 0.6) is 0 Å². The molecule has 1 heterocycles. The summed E-state index contributed by atoms with van der Waals surface area (Å²) < 4.78 is 0. The number of hydrogen-bond acceptors (Lipinski definition) is 2. The molecular formula is C19H29NO2. The van der Waals surface area contributed by atoms with Gasteiger partial charge in [0.25, 0.3) is 0 Å². The van der Waals surface area contributed by atoms with Crippen LogP contribution < -0.4 is 0 Å². The van der Waals surface area contributed by atoms with Crippen molar-refractivity contribution >= 4 is 5.91 Å². The van der Waals surface area contributed by atoms with E-state index in [9.17, 15) is 9.90 Å². The van der Waals surface area contributed by atoms with Crippen LogP contribution in [0, 0.1) is 11.8 Å². The van der Waals surface area contributed by atoms with Gasteiger partial charge < -0.3 is 10.0 Å². The average molecular weight is 303 g/mol. The molecule has 1 saturated heterocycles. The molecule has 0 aliphatic carbocycles. The summed E-state index contributed by atoms with van der Waals surface area (Å²) in [5.41, 5.74) is 2.60. The number of aliphatic hydroxyl groups excluding tert-OH is 1. The lowest BCUT2D eigenvalue weighted by Gasteiger charge is -2.32. The van der Waals surface area contributed by atoms with E-state index in [1.54, 1.807) is 0 Å². The van der Waals surface area contributed by atoms with Gasteiger partial charge in [0.1, 0.15) is 0 Å². The van der Waals surface area contributed by atoms with Crippen LogP contribution in [0.2, 0.25) is 0 Å². The van der Waals surface area contributed by atoms with Crippen LogP contribution in [0.3, 0.4) is 0 Å². The highest BCUT2D eigenvalue weighted by atomic mass is 16.3. The lowest BCUT2D eigenvalue weighted by Crippen LogP contribution is -2.41. The summed E-state index contributed by atoms with van der Waals surface area (Å²) in [4.78, 5) is 14.2. The van der Waals surface area contributed by atoms with Crippen molar-refractivity contribution in [1.29, 1.82) is 0 Å². The van der Waals surface area contributed by atoms with E-state index in [1.165, 1.54) is 11.1 Å². The molecule has 1 aliphatic rings. The summed E-state index contributed by atoms with van der Waals surface area (Å²) in [7, 11) is 0. The Bertz CT molecular complexity index is 467. The fourth-order valence-corrected chi connectivity index (χ4v) is 3.16. The van der Waals surface area contributed by atoms with Gasteiger partial charge in [-0.2, -0.15) is 0 Å². The number of amides is 1. The molecule has 0 saturated carbocycles. The van der Waals surface area contributed by atoms with Gasteiger partial charge in [-0.25, -0.2) is 0 Å². The van der Waals surface area contributed by atoms with E-state index in [1.807, 2.05) is 4.90 Å². The summed E-state index contributed by atoms with van der Waals surface area (Å²) in [6.07, 6.45) is 4.54. The number of hydrogen-bond donors (Lipinski definition) is 1. The van der Waals surface area contributed by atoms with Crippen molar-refractivity contribution in [2.45, 2.75) is 46.0 Å². The second-order valence-electron chi connectivity index (χ2n) is 6.95.